The Morgan fingerprint density at radius 1 is 1.12 bits per heavy atom. The van der Waals surface area contributed by atoms with Crippen molar-refractivity contribution in [2.45, 2.75) is 11.8 Å². The molecule has 0 bridgehead atoms. The van der Waals surface area contributed by atoms with Crippen LogP contribution in [0.3, 0.4) is 0 Å². The summed E-state index contributed by atoms with van der Waals surface area (Å²) in [7, 11) is -2.05. The molecule has 3 aromatic rings. The zero-order chi connectivity index (χ0) is 17.3. The lowest BCUT2D eigenvalue weighted by Gasteiger charge is -2.07. The molecule has 0 spiro atoms. The van der Waals surface area contributed by atoms with Gasteiger partial charge in [-0.25, -0.2) is 18.5 Å². The molecule has 0 aliphatic heterocycles. The van der Waals surface area contributed by atoms with Crippen LogP contribution in [0.2, 0.25) is 0 Å². The summed E-state index contributed by atoms with van der Waals surface area (Å²) in [5.74, 6) is 0.766. The molecule has 1 heterocycles. The Labute approximate surface area is 144 Å². The molecule has 2 aromatic carbocycles. The summed E-state index contributed by atoms with van der Waals surface area (Å²) in [5, 5.41) is 7.88. The van der Waals surface area contributed by atoms with Crippen LogP contribution in [-0.2, 0) is 10.0 Å². The van der Waals surface area contributed by atoms with Crippen molar-refractivity contribution < 1.29 is 13.2 Å². The molecule has 0 unspecified atom stereocenters. The third-order valence-electron chi connectivity index (χ3n) is 3.56. The van der Waals surface area contributed by atoms with Gasteiger partial charge in [-0.3, -0.25) is 0 Å². The van der Waals surface area contributed by atoms with Gasteiger partial charge in [0.15, 0.2) is 0 Å². The van der Waals surface area contributed by atoms with Crippen molar-refractivity contribution in [3.8, 4) is 27.6 Å². The average Bonchev–Trinajstić information content (AvgIpc) is 3.04. The van der Waals surface area contributed by atoms with Gasteiger partial charge in [0.05, 0.1) is 17.7 Å². The number of ether oxygens (including phenoxy) is 1. The number of benzene rings is 2. The highest BCUT2D eigenvalue weighted by molar-refractivity contribution is 7.89. The molecular weight excluding hydrogens is 344 g/mol. The molecular formula is C17H16N2O3S2. The first-order chi connectivity index (χ1) is 11.4. The molecule has 124 valence electrons. The second kappa shape index (κ2) is 6.35. The fourth-order valence-corrected chi connectivity index (χ4v) is 3.68. The Morgan fingerprint density at radius 2 is 1.83 bits per heavy atom. The molecule has 7 heteroatoms. The molecule has 24 heavy (non-hydrogen) atoms. The summed E-state index contributed by atoms with van der Waals surface area (Å²) in [6.45, 7) is 2.02. The summed E-state index contributed by atoms with van der Waals surface area (Å²) < 4.78 is 28.1. The first-order valence-electron chi connectivity index (χ1n) is 7.12. The van der Waals surface area contributed by atoms with E-state index in [2.05, 4.69) is 4.98 Å². The maximum absolute atomic E-state index is 11.3. The zero-order valence-corrected chi connectivity index (χ0v) is 14.8. The largest absolute Gasteiger partial charge is 0.496 e. The first-order valence-corrected chi connectivity index (χ1v) is 9.55. The lowest BCUT2D eigenvalue weighted by atomic mass is 10.1. The van der Waals surface area contributed by atoms with Crippen LogP contribution < -0.4 is 9.88 Å². The SMILES string of the molecule is COc1ccc(C)cc1-c1csc(-c2ccc(S(N)(=O)=O)cc2)n1. The summed E-state index contributed by atoms with van der Waals surface area (Å²) in [6, 6.07) is 12.3. The zero-order valence-electron chi connectivity index (χ0n) is 13.2. The number of hydrogen-bond donors (Lipinski definition) is 1. The Balaban J connectivity index is 1.98. The van der Waals surface area contributed by atoms with E-state index in [4.69, 9.17) is 9.88 Å². The van der Waals surface area contributed by atoms with E-state index in [0.29, 0.717) is 0 Å². The van der Waals surface area contributed by atoms with E-state index in [1.165, 1.54) is 23.5 Å². The number of nitrogens with zero attached hydrogens (tertiary/aromatic N) is 1. The van der Waals surface area contributed by atoms with Crippen LogP contribution in [-0.4, -0.2) is 20.5 Å². The predicted octanol–water partition coefficient (Wildman–Crippen LogP) is 3.44. The van der Waals surface area contributed by atoms with Gasteiger partial charge in [0.25, 0.3) is 0 Å². The van der Waals surface area contributed by atoms with Gasteiger partial charge in [0.2, 0.25) is 10.0 Å². The minimum absolute atomic E-state index is 0.0865. The molecule has 0 saturated heterocycles. The van der Waals surface area contributed by atoms with Crippen LogP contribution >= 0.6 is 11.3 Å². The quantitative estimate of drug-likeness (QED) is 0.772. The highest BCUT2D eigenvalue weighted by atomic mass is 32.2. The van der Waals surface area contributed by atoms with E-state index < -0.39 is 10.0 Å². The Morgan fingerprint density at radius 3 is 2.46 bits per heavy atom. The molecule has 0 radical (unpaired) electrons. The van der Waals surface area contributed by atoms with Gasteiger partial charge >= 0.3 is 0 Å². The number of thiazole rings is 1. The van der Waals surface area contributed by atoms with Crippen LogP contribution in [0.15, 0.2) is 52.7 Å². The van der Waals surface area contributed by atoms with Crippen molar-refractivity contribution in [3.63, 3.8) is 0 Å². The van der Waals surface area contributed by atoms with Crippen molar-refractivity contribution >= 4 is 21.4 Å². The maximum atomic E-state index is 11.3. The first kappa shape index (κ1) is 16.6. The molecule has 0 fully saturated rings. The number of rotatable bonds is 4. The fraction of sp³-hybridized carbons (Fsp3) is 0.118. The minimum atomic E-state index is -3.69. The number of methoxy groups -OCH3 is 1. The molecule has 3 rings (SSSR count). The second-order valence-corrected chi connectivity index (χ2v) is 7.73. The van der Waals surface area contributed by atoms with Gasteiger partial charge in [-0.15, -0.1) is 11.3 Å². The van der Waals surface area contributed by atoms with Crippen LogP contribution in [0.25, 0.3) is 21.8 Å². The van der Waals surface area contributed by atoms with E-state index in [1.807, 2.05) is 30.5 Å². The van der Waals surface area contributed by atoms with Crippen LogP contribution in [0.5, 0.6) is 5.75 Å². The Hall–Kier alpha value is -2.22. The summed E-state index contributed by atoms with van der Waals surface area (Å²) >= 11 is 1.49. The standard InChI is InChI=1S/C17H16N2O3S2/c1-11-3-8-16(22-2)14(9-11)15-10-23-17(19-15)12-4-6-13(7-5-12)24(18,20)21/h3-10H,1-2H3,(H2,18,20,21). The topological polar surface area (TPSA) is 82.3 Å². The summed E-state index contributed by atoms with van der Waals surface area (Å²) in [6.07, 6.45) is 0. The van der Waals surface area contributed by atoms with Gasteiger partial charge in [0, 0.05) is 16.5 Å². The molecule has 2 N–H and O–H groups in total. The van der Waals surface area contributed by atoms with Crippen molar-refractivity contribution in [2.75, 3.05) is 7.11 Å². The summed E-state index contributed by atoms with van der Waals surface area (Å²) in [5.41, 5.74) is 3.72. The fourth-order valence-electron chi connectivity index (χ4n) is 2.34. The maximum Gasteiger partial charge on any atom is 0.238 e. The molecule has 0 atom stereocenters. The molecule has 0 aliphatic carbocycles. The number of hydrogen-bond acceptors (Lipinski definition) is 5. The van der Waals surface area contributed by atoms with E-state index in [0.717, 1.165) is 33.1 Å². The second-order valence-electron chi connectivity index (χ2n) is 5.31. The average molecular weight is 360 g/mol. The molecule has 0 saturated carbocycles. The normalized spacial score (nSPS) is 11.5. The van der Waals surface area contributed by atoms with Gasteiger partial charge in [-0.2, -0.15) is 0 Å². The molecule has 1 aromatic heterocycles. The number of sulfonamides is 1. The van der Waals surface area contributed by atoms with Crippen molar-refractivity contribution in [3.05, 3.63) is 53.4 Å². The Kier molecular flexibility index (Phi) is 4.40. The van der Waals surface area contributed by atoms with Gasteiger partial charge in [-0.1, -0.05) is 23.8 Å². The molecule has 5 nitrogen and oxygen atoms in total. The number of primary sulfonamides is 1. The van der Waals surface area contributed by atoms with Crippen LogP contribution in [0.1, 0.15) is 5.56 Å². The lowest BCUT2D eigenvalue weighted by Crippen LogP contribution is -2.11. The van der Waals surface area contributed by atoms with E-state index in [9.17, 15) is 8.42 Å². The van der Waals surface area contributed by atoms with E-state index in [1.54, 1.807) is 19.2 Å². The van der Waals surface area contributed by atoms with E-state index >= 15 is 0 Å². The van der Waals surface area contributed by atoms with Crippen LogP contribution in [0.4, 0.5) is 0 Å². The molecule has 0 aliphatic rings. The van der Waals surface area contributed by atoms with Gasteiger partial charge in [0.1, 0.15) is 10.8 Å². The minimum Gasteiger partial charge on any atom is -0.496 e. The van der Waals surface area contributed by atoms with Crippen molar-refractivity contribution in [2.24, 2.45) is 5.14 Å². The highest BCUT2D eigenvalue weighted by Crippen LogP contribution is 2.34. The Bertz CT molecular complexity index is 977. The molecule has 0 amide bonds. The number of nitrogens with two attached hydrogens (primary N) is 1. The van der Waals surface area contributed by atoms with E-state index in [-0.39, 0.29) is 4.90 Å². The third kappa shape index (κ3) is 3.33. The van der Waals surface area contributed by atoms with Gasteiger partial charge < -0.3 is 4.74 Å². The lowest BCUT2D eigenvalue weighted by molar-refractivity contribution is 0.416. The summed E-state index contributed by atoms with van der Waals surface area (Å²) in [4.78, 5) is 4.74. The monoisotopic (exact) mass is 360 g/mol. The smallest absolute Gasteiger partial charge is 0.238 e. The van der Waals surface area contributed by atoms with Crippen molar-refractivity contribution in [1.82, 2.24) is 4.98 Å². The van der Waals surface area contributed by atoms with Crippen molar-refractivity contribution in [1.29, 1.82) is 0 Å². The van der Waals surface area contributed by atoms with Crippen LogP contribution in [0, 0.1) is 6.92 Å². The number of aromatic nitrogens is 1. The highest BCUT2D eigenvalue weighted by Gasteiger charge is 2.13. The number of aryl methyl sites for hydroxylation is 1. The van der Waals surface area contributed by atoms with Gasteiger partial charge in [-0.05, 0) is 31.2 Å². The predicted molar refractivity (Wildman–Crippen MR) is 95.6 cm³/mol. The third-order valence-corrected chi connectivity index (χ3v) is 5.39.